The lowest BCUT2D eigenvalue weighted by molar-refractivity contribution is 0.0824. The highest BCUT2D eigenvalue weighted by molar-refractivity contribution is 7.92. The van der Waals surface area contributed by atoms with Gasteiger partial charge in [-0.25, -0.2) is 8.42 Å². The first-order chi connectivity index (χ1) is 13.7. The zero-order valence-electron chi connectivity index (χ0n) is 15.7. The number of aromatic amines is 1. The number of ether oxygens (including phenoxy) is 1. The fourth-order valence-electron chi connectivity index (χ4n) is 2.59. The molecule has 3 aromatic rings. The van der Waals surface area contributed by atoms with Crippen molar-refractivity contribution in [1.29, 1.82) is 0 Å². The van der Waals surface area contributed by atoms with Crippen LogP contribution in [0, 0.1) is 0 Å². The molecule has 0 aliphatic heterocycles. The fourth-order valence-corrected chi connectivity index (χ4v) is 4.14. The minimum atomic E-state index is -4.14. The van der Waals surface area contributed by atoms with Crippen LogP contribution in [0.25, 0.3) is 11.4 Å². The van der Waals surface area contributed by atoms with Crippen LogP contribution in [0.5, 0.6) is 5.75 Å². The Balaban J connectivity index is 2.04. The number of tetrazole rings is 1. The summed E-state index contributed by atoms with van der Waals surface area (Å²) in [5.41, 5.74) is 0.848. The van der Waals surface area contributed by atoms with Gasteiger partial charge in [-0.3, -0.25) is 9.52 Å². The second-order valence-electron chi connectivity index (χ2n) is 6.11. The normalized spacial score (nSPS) is 11.2. The van der Waals surface area contributed by atoms with Crippen LogP contribution in [0.2, 0.25) is 5.02 Å². The van der Waals surface area contributed by atoms with Gasteiger partial charge in [-0.05, 0) is 29.5 Å². The molecule has 29 heavy (non-hydrogen) atoms. The van der Waals surface area contributed by atoms with Crippen LogP contribution in [0.4, 0.5) is 5.69 Å². The molecule has 0 aliphatic carbocycles. The van der Waals surface area contributed by atoms with E-state index in [1.165, 1.54) is 24.1 Å². The Bertz CT molecular complexity index is 1150. The van der Waals surface area contributed by atoms with Gasteiger partial charge in [-0.1, -0.05) is 23.7 Å². The molecule has 0 bridgehead atoms. The number of hydrogen-bond donors (Lipinski definition) is 2. The van der Waals surface area contributed by atoms with Crippen molar-refractivity contribution in [3.05, 3.63) is 47.0 Å². The van der Waals surface area contributed by atoms with Gasteiger partial charge in [0.15, 0.2) is 5.75 Å². The molecule has 10 nitrogen and oxygen atoms in total. The van der Waals surface area contributed by atoms with Gasteiger partial charge in [-0.15, -0.1) is 10.2 Å². The highest BCUT2D eigenvalue weighted by Crippen LogP contribution is 2.34. The lowest BCUT2D eigenvalue weighted by Crippen LogP contribution is -2.23. The van der Waals surface area contributed by atoms with Crippen molar-refractivity contribution in [3.63, 3.8) is 0 Å². The van der Waals surface area contributed by atoms with Crippen molar-refractivity contribution >= 4 is 33.2 Å². The maximum Gasteiger partial charge on any atom is 0.265 e. The van der Waals surface area contributed by atoms with Crippen molar-refractivity contribution in [1.82, 2.24) is 25.5 Å². The van der Waals surface area contributed by atoms with Crippen LogP contribution in [-0.2, 0) is 10.0 Å². The standard InChI is InChI=1S/C17H17ClN6O4S/c1-24(2)17(25)13-8-11(18)9-14(15(13)28-3)29(26,27)21-12-6-4-5-10(7-12)16-19-22-23-20-16/h4-9,21H,1-3H3,(H,19,20,22,23). The number of carbonyl (C=O) groups is 1. The molecule has 1 heterocycles. The zero-order valence-corrected chi connectivity index (χ0v) is 17.2. The summed E-state index contributed by atoms with van der Waals surface area (Å²) >= 11 is 6.08. The first-order valence-electron chi connectivity index (χ1n) is 8.19. The second kappa shape index (κ2) is 8.05. The average Bonchev–Trinajstić information content (AvgIpc) is 3.21. The molecule has 0 saturated heterocycles. The summed E-state index contributed by atoms with van der Waals surface area (Å²) < 4.78 is 33.8. The van der Waals surface area contributed by atoms with E-state index in [-0.39, 0.29) is 26.9 Å². The van der Waals surface area contributed by atoms with Crippen LogP contribution in [0.1, 0.15) is 10.4 Å². The Morgan fingerprint density at radius 1 is 1.24 bits per heavy atom. The molecule has 152 valence electrons. The maximum atomic E-state index is 13.1. The lowest BCUT2D eigenvalue weighted by Gasteiger charge is -2.17. The molecule has 3 rings (SSSR count). The number of amides is 1. The van der Waals surface area contributed by atoms with E-state index >= 15 is 0 Å². The lowest BCUT2D eigenvalue weighted by atomic mass is 10.2. The van der Waals surface area contributed by atoms with Crippen LogP contribution >= 0.6 is 11.6 Å². The van der Waals surface area contributed by atoms with Gasteiger partial charge < -0.3 is 9.64 Å². The maximum absolute atomic E-state index is 13.1. The summed E-state index contributed by atoms with van der Waals surface area (Å²) in [5, 5.41) is 13.6. The minimum Gasteiger partial charge on any atom is -0.494 e. The van der Waals surface area contributed by atoms with Gasteiger partial charge in [-0.2, -0.15) is 5.21 Å². The van der Waals surface area contributed by atoms with Crippen molar-refractivity contribution in [3.8, 4) is 17.1 Å². The number of halogens is 1. The van der Waals surface area contributed by atoms with Gasteiger partial charge in [0.2, 0.25) is 5.82 Å². The monoisotopic (exact) mass is 436 g/mol. The van der Waals surface area contributed by atoms with Gasteiger partial charge in [0.05, 0.1) is 12.7 Å². The van der Waals surface area contributed by atoms with Crippen LogP contribution < -0.4 is 9.46 Å². The van der Waals surface area contributed by atoms with E-state index in [1.54, 1.807) is 38.4 Å². The van der Waals surface area contributed by atoms with E-state index in [9.17, 15) is 13.2 Å². The average molecular weight is 437 g/mol. The molecule has 0 radical (unpaired) electrons. The highest BCUT2D eigenvalue weighted by atomic mass is 35.5. The van der Waals surface area contributed by atoms with Crippen LogP contribution in [0.15, 0.2) is 41.3 Å². The summed E-state index contributed by atoms with van der Waals surface area (Å²) in [7, 11) is 0.223. The summed E-state index contributed by atoms with van der Waals surface area (Å²) in [6, 6.07) is 9.03. The third-order valence-corrected chi connectivity index (χ3v) is 5.47. The van der Waals surface area contributed by atoms with Crippen LogP contribution in [-0.4, -0.2) is 61.1 Å². The molecule has 0 unspecified atom stereocenters. The molecule has 2 aromatic carbocycles. The number of hydrogen-bond acceptors (Lipinski definition) is 7. The highest BCUT2D eigenvalue weighted by Gasteiger charge is 2.27. The predicted octanol–water partition coefficient (Wildman–Crippen LogP) is 2.03. The zero-order chi connectivity index (χ0) is 21.2. The summed E-state index contributed by atoms with van der Waals surface area (Å²) in [6.07, 6.45) is 0. The molecular formula is C17H17ClN6O4S. The number of benzene rings is 2. The van der Waals surface area contributed by atoms with Crippen molar-refractivity contribution < 1.29 is 17.9 Å². The molecule has 1 aromatic heterocycles. The molecular weight excluding hydrogens is 420 g/mol. The number of nitrogens with zero attached hydrogens (tertiary/aromatic N) is 4. The smallest absolute Gasteiger partial charge is 0.265 e. The van der Waals surface area contributed by atoms with Crippen LogP contribution in [0.3, 0.4) is 0 Å². The molecule has 1 amide bonds. The quantitative estimate of drug-likeness (QED) is 0.604. The predicted molar refractivity (Wildman–Crippen MR) is 106 cm³/mol. The number of nitrogens with one attached hydrogen (secondary N) is 2. The van der Waals surface area contributed by atoms with E-state index in [2.05, 4.69) is 25.3 Å². The number of methoxy groups -OCH3 is 1. The van der Waals surface area contributed by atoms with Gasteiger partial charge in [0.25, 0.3) is 15.9 Å². The van der Waals surface area contributed by atoms with E-state index in [0.29, 0.717) is 11.4 Å². The van der Waals surface area contributed by atoms with Crippen molar-refractivity contribution in [2.45, 2.75) is 4.90 Å². The topological polar surface area (TPSA) is 130 Å². The minimum absolute atomic E-state index is 0.0333. The first kappa shape index (κ1) is 20.6. The van der Waals surface area contributed by atoms with Gasteiger partial charge >= 0.3 is 0 Å². The summed E-state index contributed by atoms with van der Waals surface area (Å²) in [4.78, 5) is 13.5. The number of H-pyrrole nitrogens is 1. The van der Waals surface area contributed by atoms with Crippen molar-refractivity contribution in [2.75, 3.05) is 25.9 Å². The third-order valence-electron chi connectivity index (χ3n) is 3.87. The Hall–Kier alpha value is -3.18. The Labute approximate surface area is 171 Å². The molecule has 0 atom stereocenters. The number of sulfonamides is 1. The second-order valence-corrected chi connectivity index (χ2v) is 8.19. The number of rotatable bonds is 6. The molecule has 12 heteroatoms. The largest absolute Gasteiger partial charge is 0.494 e. The number of carbonyl (C=O) groups excluding carboxylic acids is 1. The molecule has 2 N–H and O–H groups in total. The Morgan fingerprint density at radius 2 is 2.00 bits per heavy atom. The van der Waals surface area contributed by atoms with E-state index < -0.39 is 15.9 Å². The first-order valence-corrected chi connectivity index (χ1v) is 10.0. The Morgan fingerprint density at radius 3 is 2.62 bits per heavy atom. The molecule has 0 saturated carbocycles. The fraction of sp³-hybridized carbons (Fsp3) is 0.176. The summed E-state index contributed by atoms with van der Waals surface area (Å²) in [6.45, 7) is 0. The molecule has 0 fully saturated rings. The van der Waals surface area contributed by atoms with Gasteiger partial charge in [0.1, 0.15) is 4.90 Å². The molecule has 0 spiro atoms. The van der Waals surface area contributed by atoms with Crippen molar-refractivity contribution in [2.24, 2.45) is 0 Å². The Kier molecular flexibility index (Phi) is 5.71. The number of anilines is 1. The number of aromatic nitrogens is 4. The SMILES string of the molecule is COc1c(C(=O)N(C)C)cc(Cl)cc1S(=O)(=O)Nc1cccc(-c2nn[nH]n2)c1. The van der Waals surface area contributed by atoms with E-state index in [0.717, 1.165) is 0 Å². The van der Waals surface area contributed by atoms with E-state index in [1.807, 2.05) is 0 Å². The van der Waals surface area contributed by atoms with Gasteiger partial charge in [0, 0.05) is 30.4 Å². The summed E-state index contributed by atoms with van der Waals surface area (Å²) in [5.74, 6) is -0.236. The molecule has 0 aliphatic rings. The van der Waals surface area contributed by atoms with E-state index in [4.69, 9.17) is 16.3 Å². The third kappa shape index (κ3) is 4.30.